The molecule has 7 nitrogen and oxygen atoms in total. The van der Waals surface area contributed by atoms with Gasteiger partial charge in [0.25, 0.3) is 0 Å². The number of anilines is 1. The number of hydrogen-bond donors (Lipinski definition) is 1. The highest BCUT2D eigenvalue weighted by Gasteiger charge is 2.31. The smallest absolute Gasteiger partial charge is 0.243 e. The van der Waals surface area contributed by atoms with Crippen LogP contribution >= 0.6 is 15.9 Å². The van der Waals surface area contributed by atoms with Crippen LogP contribution in [0.15, 0.2) is 57.9 Å². The summed E-state index contributed by atoms with van der Waals surface area (Å²) in [5, 5.41) is 4.34. The van der Waals surface area contributed by atoms with Gasteiger partial charge in [-0.3, -0.25) is 4.90 Å². The topological polar surface area (TPSA) is 78.4 Å². The maximum absolute atomic E-state index is 13.0. The number of nitrogens with one attached hydrogen (secondary N) is 1. The molecular formula is C22H26BrN5O2S. The Morgan fingerprint density at radius 3 is 2.39 bits per heavy atom. The molecule has 2 aromatic carbocycles. The van der Waals surface area contributed by atoms with Gasteiger partial charge in [-0.15, -0.1) is 0 Å². The zero-order valence-corrected chi connectivity index (χ0v) is 20.0. The third-order valence-corrected chi connectivity index (χ3v) is 8.05. The number of piperazine rings is 1. The molecule has 1 aromatic heterocycles. The van der Waals surface area contributed by atoms with Crippen LogP contribution in [0.3, 0.4) is 0 Å². The Balaban J connectivity index is 1.50. The first-order valence-electron chi connectivity index (χ1n) is 10.4. The summed E-state index contributed by atoms with van der Waals surface area (Å²) in [6, 6.07) is 14.8. The molecule has 0 amide bonds. The SMILES string of the molecule is CCNc1nc(C(C)N2CCN(S(=O)(=O)c3ccc(Br)cc3)CC2)nc2ccccc12. The first-order valence-corrected chi connectivity index (χ1v) is 12.6. The normalized spacial score (nSPS) is 17.0. The highest BCUT2D eigenvalue weighted by molar-refractivity contribution is 9.10. The first-order chi connectivity index (χ1) is 14.9. The van der Waals surface area contributed by atoms with E-state index < -0.39 is 10.0 Å². The van der Waals surface area contributed by atoms with Gasteiger partial charge in [-0.1, -0.05) is 28.1 Å². The molecule has 9 heteroatoms. The zero-order chi connectivity index (χ0) is 22.0. The second kappa shape index (κ2) is 9.20. The largest absolute Gasteiger partial charge is 0.370 e. The van der Waals surface area contributed by atoms with Gasteiger partial charge < -0.3 is 5.32 Å². The molecule has 1 aliphatic heterocycles. The van der Waals surface area contributed by atoms with Crippen molar-refractivity contribution in [2.24, 2.45) is 0 Å². The molecule has 0 saturated carbocycles. The van der Waals surface area contributed by atoms with Crippen LogP contribution in [0.5, 0.6) is 0 Å². The Morgan fingerprint density at radius 2 is 1.71 bits per heavy atom. The monoisotopic (exact) mass is 503 g/mol. The number of fused-ring (bicyclic) bond motifs is 1. The minimum absolute atomic E-state index is 0.0143. The Hall–Kier alpha value is -2.07. The first kappa shape index (κ1) is 22.1. The van der Waals surface area contributed by atoms with Crippen molar-refractivity contribution in [2.45, 2.75) is 24.8 Å². The molecule has 1 fully saturated rings. The van der Waals surface area contributed by atoms with Gasteiger partial charge in [0.05, 0.1) is 16.5 Å². The number of halogens is 1. The highest BCUT2D eigenvalue weighted by Crippen LogP contribution is 2.27. The molecule has 4 rings (SSSR count). The summed E-state index contributed by atoms with van der Waals surface area (Å²) in [7, 11) is -3.49. The van der Waals surface area contributed by atoms with E-state index in [1.807, 2.05) is 31.2 Å². The summed E-state index contributed by atoms with van der Waals surface area (Å²) >= 11 is 3.35. The van der Waals surface area contributed by atoms with Gasteiger partial charge in [0.1, 0.15) is 11.6 Å². The molecular weight excluding hydrogens is 478 g/mol. The summed E-state index contributed by atoms with van der Waals surface area (Å²) in [6.07, 6.45) is 0. The fourth-order valence-corrected chi connectivity index (χ4v) is 5.52. The molecule has 1 saturated heterocycles. The maximum Gasteiger partial charge on any atom is 0.243 e. The second-order valence-electron chi connectivity index (χ2n) is 7.55. The van der Waals surface area contributed by atoms with Gasteiger partial charge in [-0.2, -0.15) is 4.31 Å². The molecule has 0 radical (unpaired) electrons. The lowest BCUT2D eigenvalue weighted by Gasteiger charge is -2.36. The summed E-state index contributed by atoms with van der Waals surface area (Å²) in [6.45, 7) is 7.05. The van der Waals surface area contributed by atoms with E-state index >= 15 is 0 Å². The van der Waals surface area contributed by atoms with Crippen LogP contribution in [-0.4, -0.2) is 60.3 Å². The zero-order valence-electron chi connectivity index (χ0n) is 17.6. The van der Waals surface area contributed by atoms with Crippen LogP contribution in [-0.2, 0) is 10.0 Å². The number of benzene rings is 2. The van der Waals surface area contributed by atoms with E-state index in [4.69, 9.17) is 9.97 Å². The molecule has 31 heavy (non-hydrogen) atoms. The van der Waals surface area contributed by atoms with Crippen LogP contribution in [0.2, 0.25) is 0 Å². The summed E-state index contributed by atoms with van der Waals surface area (Å²) in [5.74, 6) is 1.59. The van der Waals surface area contributed by atoms with Crippen molar-refractivity contribution in [3.05, 3.63) is 58.8 Å². The van der Waals surface area contributed by atoms with Gasteiger partial charge in [0, 0.05) is 42.6 Å². The van der Waals surface area contributed by atoms with E-state index in [2.05, 4.69) is 33.1 Å². The molecule has 1 atom stereocenters. The number of hydrogen-bond acceptors (Lipinski definition) is 6. The van der Waals surface area contributed by atoms with Crippen molar-refractivity contribution in [1.29, 1.82) is 0 Å². The van der Waals surface area contributed by atoms with E-state index in [1.54, 1.807) is 28.6 Å². The molecule has 1 aliphatic rings. The average Bonchev–Trinajstić information content (AvgIpc) is 2.79. The minimum Gasteiger partial charge on any atom is -0.370 e. The second-order valence-corrected chi connectivity index (χ2v) is 10.4. The van der Waals surface area contributed by atoms with Gasteiger partial charge in [-0.05, 0) is 50.2 Å². The van der Waals surface area contributed by atoms with E-state index in [-0.39, 0.29) is 6.04 Å². The maximum atomic E-state index is 13.0. The molecule has 3 aromatic rings. The van der Waals surface area contributed by atoms with Gasteiger partial charge in [-0.25, -0.2) is 18.4 Å². The Bertz CT molecular complexity index is 1160. The molecule has 0 spiro atoms. The Morgan fingerprint density at radius 1 is 1.03 bits per heavy atom. The lowest BCUT2D eigenvalue weighted by molar-refractivity contribution is 0.141. The number of sulfonamides is 1. The van der Waals surface area contributed by atoms with Crippen LogP contribution in [0.1, 0.15) is 25.7 Å². The average molecular weight is 504 g/mol. The molecule has 0 bridgehead atoms. The Labute approximate surface area is 191 Å². The summed E-state index contributed by atoms with van der Waals surface area (Å²) in [5.41, 5.74) is 0.909. The van der Waals surface area contributed by atoms with Gasteiger partial charge in [0.2, 0.25) is 10.0 Å². The number of rotatable bonds is 6. The molecule has 164 valence electrons. The lowest BCUT2D eigenvalue weighted by Crippen LogP contribution is -2.49. The van der Waals surface area contributed by atoms with Crippen LogP contribution in [0.25, 0.3) is 10.9 Å². The molecule has 1 unspecified atom stereocenters. The van der Waals surface area contributed by atoms with Gasteiger partial charge >= 0.3 is 0 Å². The van der Waals surface area contributed by atoms with Crippen molar-refractivity contribution in [2.75, 3.05) is 38.0 Å². The van der Waals surface area contributed by atoms with Crippen molar-refractivity contribution < 1.29 is 8.42 Å². The van der Waals surface area contributed by atoms with E-state index in [1.165, 1.54) is 0 Å². The van der Waals surface area contributed by atoms with Crippen molar-refractivity contribution in [3.63, 3.8) is 0 Å². The van der Waals surface area contributed by atoms with Crippen LogP contribution < -0.4 is 5.32 Å². The molecule has 1 N–H and O–H groups in total. The van der Waals surface area contributed by atoms with Crippen molar-refractivity contribution >= 4 is 42.7 Å². The predicted molar refractivity (Wildman–Crippen MR) is 127 cm³/mol. The van der Waals surface area contributed by atoms with Crippen LogP contribution in [0, 0.1) is 0 Å². The highest BCUT2D eigenvalue weighted by atomic mass is 79.9. The third-order valence-electron chi connectivity index (χ3n) is 5.61. The lowest BCUT2D eigenvalue weighted by atomic mass is 10.2. The third kappa shape index (κ3) is 4.59. The minimum atomic E-state index is -3.49. The van der Waals surface area contributed by atoms with Crippen molar-refractivity contribution in [1.82, 2.24) is 19.2 Å². The van der Waals surface area contributed by atoms with E-state index in [0.29, 0.717) is 31.1 Å². The quantitative estimate of drug-likeness (QED) is 0.549. The van der Waals surface area contributed by atoms with Gasteiger partial charge in [0.15, 0.2) is 0 Å². The van der Waals surface area contributed by atoms with Crippen LogP contribution in [0.4, 0.5) is 5.82 Å². The van der Waals surface area contributed by atoms with Crippen molar-refractivity contribution in [3.8, 4) is 0 Å². The van der Waals surface area contributed by atoms with E-state index in [0.717, 1.165) is 33.6 Å². The number of nitrogens with zero attached hydrogens (tertiary/aromatic N) is 4. The number of aromatic nitrogens is 2. The number of para-hydroxylation sites is 1. The Kier molecular flexibility index (Phi) is 6.57. The molecule has 0 aliphatic carbocycles. The fourth-order valence-electron chi connectivity index (χ4n) is 3.83. The standard InChI is InChI=1S/C22H26BrN5O2S/c1-3-24-22-19-6-4-5-7-20(19)25-21(26-22)16(2)27-12-14-28(15-13-27)31(29,30)18-10-8-17(23)9-11-18/h4-11,16H,3,12-15H2,1-2H3,(H,24,25,26). The summed E-state index contributed by atoms with van der Waals surface area (Å²) < 4.78 is 28.4. The fraction of sp³-hybridized carbons (Fsp3) is 0.364. The summed E-state index contributed by atoms with van der Waals surface area (Å²) in [4.78, 5) is 12.1. The molecule has 2 heterocycles. The predicted octanol–water partition coefficient (Wildman–Crippen LogP) is 3.89. The van der Waals surface area contributed by atoms with E-state index in [9.17, 15) is 8.42 Å².